The lowest BCUT2D eigenvalue weighted by molar-refractivity contribution is 0.502. The van der Waals surface area contributed by atoms with Crippen molar-refractivity contribution in [1.29, 1.82) is 5.26 Å². The number of nitriles is 1. The van der Waals surface area contributed by atoms with Crippen molar-refractivity contribution in [2.24, 2.45) is 0 Å². The highest BCUT2D eigenvalue weighted by Gasteiger charge is 2.26. The van der Waals surface area contributed by atoms with E-state index in [1.165, 1.54) is 10.1 Å². The normalized spacial score (nSPS) is 15.0. The molecule has 1 aliphatic rings. The van der Waals surface area contributed by atoms with Crippen LogP contribution in [-0.2, 0) is 0 Å². The van der Waals surface area contributed by atoms with Crippen molar-refractivity contribution in [3.63, 3.8) is 0 Å². The molecule has 30 heavy (non-hydrogen) atoms. The number of fused-ring (bicyclic) bond motifs is 2. The maximum Gasteiger partial charge on any atom is 0.280 e. The van der Waals surface area contributed by atoms with Crippen molar-refractivity contribution in [3.8, 4) is 6.07 Å². The van der Waals surface area contributed by atoms with E-state index in [1.54, 1.807) is 18.2 Å². The van der Waals surface area contributed by atoms with Gasteiger partial charge in [0.25, 0.3) is 5.56 Å². The van der Waals surface area contributed by atoms with Gasteiger partial charge in [-0.15, -0.1) is 0 Å². The zero-order valence-electron chi connectivity index (χ0n) is 15.9. The van der Waals surface area contributed by atoms with Crippen molar-refractivity contribution in [3.05, 3.63) is 74.0 Å². The molecule has 0 unspecified atom stereocenters. The number of nitrogens with one attached hydrogen (secondary N) is 1. The van der Waals surface area contributed by atoms with Gasteiger partial charge in [-0.2, -0.15) is 9.78 Å². The van der Waals surface area contributed by atoms with E-state index in [-0.39, 0.29) is 5.56 Å². The molecule has 2 aromatic heterocycles. The van der Waals surface area contributed by atoms with E-state index < -0.39 is 0 Å². The molecule has 6 nitrogen and oxygen atoms in total. The number of hydrogen-bond acceptors (Lipinski definition) is 4. The summed E-state index contributed by atoms with van der Waals surface area (Å²) in [5, 5.41) is 14.5. The van der Waals surface area contributed by atoms with Gasteiger partial charge in [-0.25, -0.2) is 4.98 Å². The van der Waals surface area contributed by atoms with Crippen molar-refractivity contribution >= 4 is 45.6 Å². The molecule has 150 valence electrons. The third-order valence-electron chi connectivity index (χ3n) is 5.77. The van der Waals surface area contributed by atoms with Gasteiger partial charge < -0.3 is 4.90 Å². The van der Waals surface area contributed by atoms with Gasteiger partial charge in [0.15, 0.2) is 5.65 Å². The average molecular weight is 438 g/mol. The Morgan fingerprint density at radius 3 is 2.47 bits per heavy atom. The Hall–Kier alpha value is -3.01. The van der Waals surface area contributed by atoms with Crippen molar-refractivity contribution in [2.45, 2.75) is 18.8 Å². The van der Waals surface area contributed by atoms with Gasteiger partial charge >= 0.3 is 0 Å². The summed E-state index contributed by atoms with van der Waals surface area (Å²) >= 11 is 12.0. The molecule has 0 atom stereocenters. The van der Waals surface area contributed by atoms with Gasteiger partial charge in [-0.3, -0.25) is 9.89 Å². The quantitative estimate of drug-likeness (QED) is 0.491. The Morgan fingerprint density at radius 2 is 1.77 bits per heavy atom. The summed E-state index contributed by atoms with van der Waals surface area (Å²) in [6.07, 6.45) is 1.89. The molecule has 1 N–H and O–H groups in total. The molecule has 1 aliphatic heterocycles. The van der Waals surface area contributed by atoms with Gasteiger partial charge in [-0.1, -0.05) is 35.3 Å². The number of H-pyrrole nitrogens is 1. The molecular weight excluding hydrogens is 421 g/mol. The van der Waals surface area contributed by atoms with Crippen LogP contribution in [0.15, 0.2) is 47.3 Å². The second-order valence-corrected chi connectivity index (χ2v) is 8.37. The van der Waals surface area contributed by atoms with Crippen LogP contribution >= 0.6 is 23.2 Å². The largest absolute Gasteiger partial charge is 0.356 e. The monoisotopic (exact) mass is 437 g/mol. The van der Waals surface area contributed by atoms with E-state index in [0.29, 0.717) is 38.9 Å². The number of halogens is 2. The minimum atomic E-state index is -0.267. The first-order valence-corrected chi connectivity index (χ1v) is 10.5. The number of rotatable bonds is 2. The van der Waals surface area contributed by atoms with Crippen LogP contribution in [0.2, 0.25) is 10.0 Å². The average Bonchev–Trinajstić information content (AvgIpc) is 3.14. The van der Waals surface area contributed by atoms with Gasteiger partial charge in [-0.05, 0) is 54.7 Å². The summed E-state index contributed by atoms with van der Waals surface area (Å²) in [6.45, 7) is 1.55. The third-order valence-corrected chi connectivity index (χ3v) is 6.26. The zero-order chi connectivity index (χ0) is 20.8. The summed E-state index contributed by atoms with van der Waals surface area (Å²) in [5.41, 5.74) is 2.25. The molecule has 4 aromatic rings. The van der Waals surface area contributed by atoms with E-state index in [2.05, 4.69) is 33.2 Å². The minimum Gasteiger partial charge on any atom is -0.356 e. The molecule has 1 saturated heterocycles. The van der Waals surface area contributed by atoms with Crippen LogP contribution in [0, 0.1) is 11.3 Å². The highest BCUT2D eigenvalue weighted by molar-refractivity contribution is 6.31. The van der Waals surface area contributed by atoms with Crippen LogP contribution in [0.3, 0.4) is 0 Å². The first kappa shape index (κ1) is 19.0. The molecule has 0 spiro atoms. The van der Waals surface area contributed by atoms with Crippen LogP contribution in [0.25, 0.3) is 16.6 Å². The standard InChI is InChI=1S/C22H17Cl2N5O/c23-15-3-1-13(2-4-15)14-7-9-28(10-8-14)21-18(12-25)20-26-19-6-5-16(24)11-17(19)22(30)29(20)27-21/h1-6,11,14,27H,7-10H2. The number of piperidine rings is 1. The zero-order valence-corrected chi connectivity index (χ0v) is 17.4. The van der Waals surface area contributed by atoms with E-state index >= 15 is 0 Å². The predicted molar refractivity (Wildman–Crippen MR) is 119 cm³/mol. The lowest BCUT2D eigenvalue weighted by Gasteiger charge is -2.32. The van der Waals surface area contributed by atoms with Gasteiger partial charge in [0.2, 0.25) is 0 Å². The Balaban J connectivity index is 1.51. The molecular formula is C22H17Cl2N5O. The number of anilines is 1. The Labute approximate surface area is 182 Å². The van der Waals surface area contributed by atoms with Gasteiger partial charge in [0.05, 0.1) is 10.9 Å². The van der Waals surface area contributed by atoms with Crippen LogP contribution in [0.4, 0.5) is 5.82 Å². The lowest BCUT2D eigenvalue weighted by atomic mass is 9.89. The second-order valence-electron chi connectivity index (χ2n) is 7.50. The molecule has 3 heterocycles. The summed E-state index contributed by atoms with van der Waals surface area (Å²) in [6, 6.07) is 15.2. The number of nitrogens with zero attached hydrogens (tertiary/aromatic N) is 4. The van der Waals surface area contributed by atoms with Crippen LogP contribution in [0.1, 0.15) is 29.9 Å². The van der Waals surface area contributed by atoms with E-state index in [4.69, 9.17) is 23.2 Å². The molecule has 0 amide bonds. The maximum atomic E-state index is 13.0. The van der Waals surface area contributed by atoms with E-state index in [0.717, 1.165) is 31.0 Å². The number of aromatic nitrogens is 3. The number of aromatic amines is 1. The number of hydrogen-bond donors (Lipinski definition) is 1. The molecule has 0 aliphatic carbocycles. The Bertz CT molecular complexity index is 1360. The first-order valence-electron chi connectivity index (χ1n) is 9.69. The van der Waals surface area contributed by atoms with Crippen molar-refractivity contribution in [1.82, 2.24) is 14.6 Å². The highest BCUT2D eigenvalue weighted by atomic mass is 35.5. The summed E-state index contributed by atoms with van der Waals surface area (Å²) in [5.74, 6) is 1.08. The Kier molecular flexibility index (Phi) is 4.65. The number of benzene rings is 2. The predicted octanol–water partition coefficient (Wildman–Crippen LogP) is 4.74. The molecule has 5 rings (SSSR count). The Morgan fingerprint density at radius 1 is 1.07 bits per heavy atom. The third kappa shape index (κ3) is 3.11. The molecule has 1 fully saturated rings. The van der Waals surface area contributed by atoms with E-state index in [1.807, 2.05) is 12.1 Å². The van der Waals surface area contributed by atoms with Gasteiger partial charge in [0.1, 0.15) is 17.5 Å². The first-order chi connectivity index (χ1) is 14.5. The van der Waals surface area contributed by atoms with Gasteiger partial charge in [0, 0.05) is 23.1 Å². The topological polar surface area (TPSA) is 77.2 Å². The SMILES string of the molecule is N#Cc1c(N2CCC(c3ccc(Cl)cc3)CC2)[nH]n2c(=O)c3cc(Cl)ccc3nc12. The lowest BCUT2D eigenvalue weighted by Crippen LogP contribution is -2.33. The van der Waals surface area contributed by atoms with Crippen molar-refractivity contribution in [2.75, 3.05) is 18.0 Å². The van der Waals surface area contributed by atoms with E-state index in [9.17, 15) is 10.1 Å². The fraction of sp³-hybridized carbons (Fsp3) is 0.227. The van der Waals surface area contributed by atoms with Crippen LogP contribution < -0.4 is 10.5 Å². The van der Waals surface area contributed by atoms with Crippen molar-refractivity contribution < 1.29 is 0 Å². The second kappa shape index (κ2) is 7.35. The molecule has 8 heteroatoms. The fourth-order valence-electron chi connectivity index (χ4n) is 4.20. The molecule has 2 aromatic carbocycles. The smallest absolute Gasteiger partial charge is 0.280 e. The molecule has 0 radical (unpaired) electrons. The molecule has 0 bridgehead atoms. The maximum absolute atomic E-state index is 13.0. The fourth-order valence-corrected chi connectivity index (χ4v) is 4.50. The molecule has 0 saturated carbocycles. The van der Waals surface area contributed by atoms with Crippen LogP contribution in [0.5, 0.6) is 0 Å². The summed E-state index contributed by atoms with van der Waals surface area (Å²) in [4.78, 5) is 19.6. The van der Waals surface area contributed by atoms with Crippen LogP contribution in [-0.4, -0.2) is 27.7 Å². The highest BCUT2D eigenvalue weighted by Crippen LogP contribution is 2.32. The summed E-state index contributed by atoms with van der Waals surface area (Å²) in [7, 11) is 0. The minimum absolute atomic E-state index is 0.267. The summed E-state index contributed by atoms with van der Waals surface area (Å²) < 4.78 is 1.35.